The van der Waals surface area contributed by atoms with Gasteiger partial charge in [-0.05, 0) is 126 Å². The zero-order chi connectivity index (χ0) is 37.2. The number of methoxy groups -OCH3 is 2. The lowest BCUT2D eigenvalue weighted by Crippen LogP contribution is -2.28. The van der Waals surface area contributed by atoms with Gasteiger partial charge in [-0.15, -0.1) is 0 Å². The van der Waals surface area contributed by atoms with Gasteiger partial charge in [0.05, 0.1) is 49.7 Å². The molecule has 13 heteroatoms. The van der Waals surface area contributed by atoms with Gasteiger partial charge in [-0.25, -0.2) is 19.9 Å². The van der Waals surface area contributed by atoms with E-state index in [0.717, 1.165) is 116 Å². The predicted octanol–water partition coefficient (Wildman–Crippen LogP) is 7.54. The van der Waals surface area contributed by atoms with Gasteiger partial charge in [0.1, 0.15) is 0 Å². The minimum absolute atomic E-state index is 0.0604. The summed E-state index contributed by atoms with van der Waals surface area (Å²) in [5, 5.41) is 24.1. The SMILES string of the molecule is COc1cc2nc(Cl)ncc2cc1OC1CCCC1.COc1cc2nc(NC3CCC(O)CC3)ncc2cc1OC1CCCC1.NC1CCC(O)CC1. The number of nitrogens with zero attached hydrogens (tertiary/aromatic N) is 4. The molecule has 5 N–H and O–H groups in total. The van der Waals surface area contributed by atoms with E-state index < -0.39 is 0 Å². The van der Waals surface area contributed by atoms with Crippen LogP contribution in [0, 0.1) is 0 Å². The van der Waals surface area contributed by atoms with Crippen molar-refractivity contribution in [3.63, 3.8) is 0 Å². The highest BCUT2D eigenvalue weighted by Gasteiger charge is 2.22. The highest BCUT2D eigenvalue weighted by atomic mass is 35.5. The molecule has 0 atom stereocenters. The first kappa shape index (κ1) is 39.0. The summed E-state index contributed by atoms with van der Waals surface area (Å²) in [4.78, 5) is 17.3. The van der Waals surface area contributed by atoms with E-state index >= 15 is 0 Å². The van der Waals surface area contributed by atoms with Gasteiger partial charge in [0.25, 0.3) is 0 Å². The second kappa shape index (κ2) is 19.1. The maximum atomic E-state index is 9.64. The molecule has 4 aromatic rings. The van der Waals surface area contributed by atoms with Crippen molar-refractivity contribution in [3.8, 4) is 23.0 Å². The zero-order valence-electron chi connectivity index (χ0n) is 31.0. The lowest BCUT2D eigenvalue weighted by atomic mass is 9.93. The molecule has 4 saturated carbocycles. The van der Waals surface area contributed by atoms with Gasteiger partial charge in [0, 0.05) is 47.4 Å². The molecule has 0 aliphatic heterocycles. The van der Waals surface area contributed by atoms with Crippen LogP contribution in [0.1, 0.15) is 103 Å². The standard InChI is InChI=1S/C20H27N3O3.C14H15ClN2O2.C6H13NO/c1-25-18-11-17-13(10-19(18)26-16-4-2-3-5-16)12-21-20(23-17)22-14-6-8-15(24)9-7-14;1-18-12-7-11-9(8-16-14(15)17-11)6-13(12)19-10-4-2-3-5-10;7-5-1-3-6(8)4-2-5/h10-12,14-16,24H,2-9H2,1H3,(H,21,22,23);6-8,10H,2-5H2,1H3;5-6,8H,1-4,7H2. The van der Waals surface area contributed by atoms with Gasteiger partial charge in [-0.3, -0.25) is 0 Å². The number of fused-ring (bicyclic) bond motifs is 2. The number of aliphatic hydroxyl groups excluding tert-OH is 2. The molecule has 8 rings (SSSR count). The quantitative estimate of drug-likeness (QED) is 0.131. The average molecular weight is 751 g/mol. The lowest BCUT2D eigenvalue weighted by Gasteiger charge is -2.26. The van der Waals surface area contributed by atoms with Crippen molar-refractivity contribution in [1.29, 1.82) is 0 Å². The van der Waals surface area contributed by atoms with Crippen molar-refractivity contribution in [3.05, 3.63) is 41.9 Å². The third-order valence-electron chi connectivity index (χ3n) is 10.7. The number of anilines is 1. The lowest BCUT2D eigenvalue weighted by molar-refractivity contribution is 0.123. The third kappa shape index (κ3) is 11.2. The number of hydrogen-bond donors (Lipinski definition) is 4. The Kier molecular flexibility index (Phi) is 14.0. The molecule has 288 valence electrons. The van der Waals surface area contributed by atoms with Crippen LogP contribution in [-0.4, -0.2) is 80.9 Å². The highest BCUT2D eigenvalue weighted by molar-refractivity contribution is 6.28. The molecule has 2 aromatic heterocycles. The van der Waals surface area contributed by atoms with Crippen LogP contribution in [0.5, 0.6) is 23.0 Å². The van der Waals surface area contributed by atoms with Gasteiger partial charge in [0.2, 0.25) is 11.2 Å². The van der Waals surface area contributed by atoms with E-state index in [1.165, 1.54) is 25.7 Å². The van der Waals surface area contributed by atoms with Crippen LogP contribution in [0.3, 0.4) is 0 Å². The maximum absolute atomic E-state index is 9.64. The number of benzene rings is 2. The zero-order valence-corrected chi connectivity index (χ0v) is 31.8. The van der Waals surface area contributed by atoms with E-state index in [1.54, 1.807) is 20.4 Å². The Labute approximate surface area is 317 Å². The first-order valence-electron chi connectivity index (χ1n) is 19.3. The maximum Gasteiger partial charge on any atom is 0.223 e. The van der Waals surface area contributed by atoms with Gasteiger partial charge < -0.3 is 40.2 Å². The van der Waals surface area contributed by atoms with Crippen molar-refractivity contribution in [2.75, 3.05) is 19.5 Å². The first-order valence-corrected chi connectivity index (χ1v) is 19.7. The molecular weight excluding hydrogens is 696 g/mol. The predicted molar refractivity (Wildman–Crippen MR) is 207 cm³/mol. The molecule has 4 fully saturated rings. The van der Waals surface area contributed by atoms with Crippen molar-refractivity contribution < 1.29 is 29.2 Å². The number of hydrogen-bond acceptors (Lipinski definition) is 12. The van der Waals surface area contributed by atoms with Crippen molar-refractivity contribution >= 4 is 39.4 Å². The van der Waals surface area contributed by atoms with Crippen LogP contribution in [0.4, 0.5) is 5.95 Å². The topological polar surface area (TPSA) is 167 Å². The van der Waals surface area contributed by atoms with Crippen LogP contribution in [0.2, 0.25) is 5.28 Å². The number of nitrogens with one attached hydrogen (secondary N) is 1. The number of nitrogens with two attached hydrogens (primary N) is 1. The van der Waals surface area contributed by atoms with Crippen LogP contribution >= 0.6 is 11.6 Å². The first-order chi connectivity index (χ1) is 25.8. The van der Waals surface area contributed by atoms with Crippen LogP contribution in [-0.2, 0) is 0 Å². The molecule has 0 saturated heterocycles. The summed E-state index contributed by atoms with van der Waals surface area (Å²) < 4.78 is 23.1. The average Bonchev–Trinajstić information content (AvgIpc) is 3.89. The largest absolute Gasteiger partial charge is 0.493 e. The van der Waals surface area contributed by atoms with E-state index in [1.807, 2.05) is 30.5 Å². The van der Waals surface area contributed by atoms with Crippen LogP contribution < -0.4 is 30.0 Å². The fourth-order valence-corrected chi connectivity index (χ4v) is 7.64. The number of rotatable bonds is 8. The molecule has 0 unspecified atom stereocenters. The summed E-state index contributed by atoms with van der Waals surface area (Å²) in [5.41, 5.74) is 7.19. The molecule has 0 bridgehead atoms. The monoisotopic (exact) mass is 750 g/mol. The fraction of sp³-hybridized carbons (Fsp3) is 0.600. The summed E-state index contributed by atoms with van der Waals surface area (Å²) >= 11 is 5.80. The Bertz CT molecular complexity index is 1750. The summed E-state index contributed by atoms with van der Waals surface area (Å²) in [6, 6.07) is 8.35. The molecule has 2 aromatic carbocycles. The second-order valence-electron chi connectivity index (χ2n) is 14.7. The number of halogens is 1. The minimum Gasteiger partial charge on any atom is -0.493 e. The Hall–Kier alpha value is -3.71. The van der Waals surface area contributed by atoms with E-state index in [0.29, 0.717) is 29.9 Å². The Morgan fingerprint density at radius 2 is 1.09 bits per heavy atom. The highest BCUT2D eigenvalue weighted by Crippen LogP contribution is 2.36. The molecule has 4 aliphatic carbocycles. The summed E-state index contributed by atoms with van der Waals surface area (Å²) in [5.74, 6) is 3.57. The fourth-order valence-electron chi connectivity index (χ4n) is 7.50. The molecular formula is C40H55ClN6O6. The number of ether oxygens (including phenoxy) is 4. The Balaban J connectivity index is 0.000000155. The molecule has 0 spiro atoms. The molecule has 4 aliphatic rings. The van der Waals surface area contributed by atoms with Crippen LogP contribution in [0.15, 0.2) is 36.7 Å². The van der Waals surface area contributed by atoms with Crippen molar-refractivity contribution in [2.24, 2.45) is 5.73 Å². The normalized spacial score (nSPS) is 23.4. The van der Waals surface area contributed by atoms with Gasteiger partial charge in [-0.2, -0.15) is 0 Å². The molecule has 2 heterocycles. The summed E-state index contributed by atoms with van der Waals surface area (Å²) in [6.07, 6.45) is 20.6. The number of aromatic nitrogens is 4. The molecule has 0 amide bonds. The van der Waals surface area contributed by atoms with Crippen LogP contribution in [0.25, 0.3) is 21.8 Å². The van der Waals surface area contributed by atoms with E-state index in [4.69, 9.17) is 41.4 Å². The smallest absolute Gasteiger partial charge is 0.223 e. The second-order valence-corrected chi connectivity index (χ2v) is 15.1. The molecule has 0 radical (unpaired) electrons. The third-order valence-corrected chi connectivity index (χ3v) is 10.8. The Morgan fingerprint density at radius 1 is 0.623 bits per heavy atom. The van der Waals surface area contributed by atoms with Crippen molar-refractivity contribution in [1.82, 2.24) is 19.9 Å². The van der Waals surface area contributed by atoms with E-state index in [-0.39, 0.29) is 23.6 Å². The summed E-state index contributed by atoms with van der Waals surface area (Å²) in [7, 11) is 3.29. The summed E-state index contributed by atoms with van der Waals surface area (Å²) in [6.45, 7) is 0. The van der Waals surface area contributed by atoms with Gasteiger partial charge in [-0.1, -0.05) is 0 Å². The van der Waals surface area contributed by atoms with Gasteiger partial charge >= 0.3 is 0 Å². The Morgan fingerprint density at radius 3 is 1.58 bits per heavy atom. The molecule has 53 heavy (non-hydrogen) atoms. The molecule has 12 nitrogen and oxygen atoms in total. The minimum atomic E-state index is -0.159. The van der Waals surface area contributed by atoms with E-state index in [2.05, 4.69) is 25.3 Å². The number of aliphatic hydroxyl groups is 2. The van der Waals surface area contributed by atoms with Crippen molar-refractivity contribution in [2.45, 2.75) is 139 Å². The van der Waals surface area contributed by atoms with E-state index in [9.17, 15) is 5.11 Å². The van der Waals surface area contributed by atoms with Gasteiger partial charge in [0.15, 0.2) is 23.0 Å².